The standard InChI is InChI=1S/C77H101N19O22S/c1-39(97)64-75(115)92-56(34-45-37-84-48-10-6-5-9-47(45)48)71(111)87-49(17-20-59(79)99)66(106)93-58(38-119-30-23-52(85-40(2)98)68(108)86-50(69(109)95-64)18-21-60(80)100)73(113)89-54(32-41-12-15-46(16-13-41)118-29-26-78)70(110)90-55(33-42-11-14-43-7-3-4-8-44(43)31-42)74(114)96-77(24-27-117-28-25-77)76(116)94-51(19-22-63(103)104)67(107)91-57(36-62(82)102)72(112)88-53(65(83)105)35-61(81)101/h3-16,31,37,39,49-58,64,84,97H,17-30,32-36,38,78H2,1-2H3,(H2,79,99)(H2,80,100)(H2,81,101)(H2,82,102)(H2,83,105)(H,85,98)(H,86,108)(H,87,111)(H,88,112)(H,89,113)(H,90,110)(H,91,107)(H,92,115)(H,93,106)(H,94,116)(H,95,109)(H,96,114)(H,103,104)/t39-,49+,50-,51+,52-,53+,54+,55+,56+,57+,58+,64+/m1/s1. The van der Waals surface area contributed by atoms with Gasteiger partial charge in [0.2, 0.25) is 100 Å². The molecule has 2 aliphatic heterocycles. The SMILES string of the molecule is CC(=O)N[C@@H]1CCSC[C@@H](C(=O)N[C@@H](Cc2ccc(OCCN)cc2)C(=O)N[C@@H](Cc2ccc3ccccc3c2)C(=O)NC2(C(=O)N[C@@H](CCC(=O)O)C(=O)N[C@@H](CC(N)=O)C(=O)N[C@@H](CC(N)=O)C(N)=O)CCOCC2)NC(=O)[C@H](CCC(N)=O)NC(=O)[C@H](Cc2c[nH]c3ccccc23)NC(=O)[C@H]([C@@H](C)O)NC(=O)[C@@H](CCC(N)=O)NC1=O. The van der Waals surface area contributed by atoms with Gasteiger partial charge < -0.3 is 123 Å². The highest BCUT2D eigenvalue weighted by molar-refractivity contribution is 7.99. The van der Waals surface area contributed by atoms with E-state index in [0.717, 1.165) is 31.0 Å². The van der Waals surface area contributed by atoms with E-state index in [1.54, 1.807) is 79.0 Å². The maximum Gasteiger partial charge on any atom is 0.303 e. The summed E-state index contributed by atoms with van der Waals surface area (Å²) in [5.74, 6) is -20.3. The third-order valence-electron chi connectivity index (χ3n) is 19.4. The summed E-state index contributed by atoms with van der Waals surface area (Å²) < 4.78 is 11.3. The van der Waals surface area contributed by atoms with Gasteiger partial charge in [0.05, 0.1) is 18.9 Å². The number of rotatable bonds is 37. The molecule has 119 heavy (non-hydrogen) atoms. The van der Waals surface area contributed by atoms with Crippen LogP contribution in [0.1, 0.15) is 101 Å². The van der Waals surface area contributed by atoms with Crippen LogP contribution in [0.3, 0.4) is 0 Å². The molecule has 41 nitrogen and oxygen atoms in total. The third kappa shape index (κ3) is 29.1. The number of hydrogen-bond donors (Lipinski definition) is 21. The minimum atomic E-state index is -2.09. The van der Waals surface area contributed by atoms with Crippen LogP contribution in [0.15, 0.2) is 97.2 Å². The highest BCUT2D eigenvalue weighted by Gasteiger charge is 2.46. The fraction of sp³-hybridized carbons (Fsp3) is 0.455. The first-order valence-corrected chi connectivity index (χ1v) is 39.2. The number of para-hydroxylation sites is 1. The Bertz CT molecular complexity index is 4560. The van der Waals surface area contributed by atoms with Crippen molar-refractivity contribution in [1.29, 1.82) is 0 Å². The van der Waals surface area contributed by atoms with E-state index in [2.05, 4.69) is 68.8 Å². The number of carbonyl (C=O) groups excluding carboxylic acids is 17. The minimum Gasteiger partial charge on any atom is -0.492 e. The Hall–Kier alpha value is -12.8. The van der Waals surface area contributed by atoms with Crippen LogP contribution in [0.4, 0.5) is 0 Å². The summed E-state index contributed by atoms with van der Waals surface area (Å²) in [7, 11) is 0. The molecule has 4 aromatic carbocycles. The molecule has 0 spiro atoms. The topological polar surface area (TPSA) is 682 Å². The van der Waals surface area contributed by atoms with Crippen LogP contribution < -0.4 is 103 Å². The smallest absolute Gasteiger partial charge is 0.303 e. The lowest BCUT2D eigenvalue weighted by molar-refractivity contribution is -0.142. The van der Waals surface area contributed by atoms with Crippen molar-refractivity contribution >= 4 is 140 Å². The number of ether oxygens (including phenoxy) is 2. The predicted octanol–water partition coefficient (Wildman–Crippen LogP) is -6.15. The number of aromatic amines is 1. The second-order valence-electron chi connectivity index (χ2n) is 28.7. The number of aliphatic carboxylic acids is 1. The number of nitrogens with two attached hydrogens (primary N) is 6. The molecule has 1 aromatic heterocycles. The molecule has 0 bridgehead atoms. The fourth-order valence-electron chi connectivity index (χ4n) is 13.0. The Morgan fingerprint density at radius 1 is 0.597 bits per heavy atom. The third-order valence-corrected chi connectivity index (χ3v) is 20.5. The summed E-state index contributed by atoms with van der Waals surface area (Å²) in [6, 6.07) is 5.82. The number of aliphatic hydroxyl groups excluding tert-OH is 1. The number of carboxylic acids is 1. The molecule has 642 valence electrons. The van der Waals surface area contributed by atoms with Gasteiger partial charge in [-0.05, 0) is 84.0 Å². The number of hydrogen-bond acceptors (Lipinski definition) is 23. The number of primary amides is 5. The van der Waals surface area contributed by atoms with E-state index in [9.17, 15) is 67.7 Å². The summed E-state index contributed by atoms with van der Waals surface area (Å²) in [6.45, 7) is 2.00. The first kappa shape index (κ1) is 93.3. The van der Waals surface area contributed by atoms with Crippen molar-refractivity contribution in [2.24, 2.45) is 34.4 Å². The molecule has 42 heteroatoms. The summed E-state index contributed by atoms with van der Waals surface area (Å²) in [6.07, 6.45) is -7.67. The summed E-state index contributed by atoms with van der Waals surface area (Å²) in [5, 5.41) is 53.1. The maximum atomic E-state index is 15.7. The molecule has 2 aliphatic rings. The summed E-state index contributed by atoms with van der Waals surface area (Å²) in [4.78, 5) is 252. The lowest BCUT2D eigenvalue weighted by Gasteiger charge is -2.38. The van der Waals surface area contributed by atoms with E-state index in [1.807, 2.05) is 6.07 Å². The number of nitrogens with one attached hydrogen (secondary N) is 13. The van der Waals surface area contributed by atoms with Crippen LogP contribution in [0.5, 0.6) is 5.75 Å². The largest absolute Gasteiger partial charge is 0.492 e. The molecule has 7 rings (SSSR count). The van der Waals surface area contributed by atoms with E-state index in [1.165, 1.54) is 12.1 Å². The lowest BCUT2D eigenvalue weighted by Crippen LogP contribution is -2.67. The molecular weight excluding hydrogens is 1580 g/mol. The average Bonchev–Trinajstić information content (AvgIpc) is 1.32. The van der Waals surface area contributed by atoms with Gasteiger partial charge in [0.15, 0.2) is 0 Å². The van der Waals surface area contributed by atoms with E-state index >= 15 is 28.8 Å². The maximum absolute atomic E-state index is 15.7. The highest BCUT2D eigenvalue weighted by atomic mass is 32.2. The van der Waals surface area contributed by atoms with Gasteiger partial charge in [-0.15, -0.1) is 0 Å². The van der Waals surface area contributed by atoms with Crippen LogP contribution in [0.25, 0.3) is 21.7 Å². The Labute approximate surface area is 685 Å². The second-order valence-corrected chi connectivity index (χ2v) is 29.8. The van der Waals surface area contributed by atoms with Gasteiger partial charge in [-0.25, -0.2) is 0 Å². The fourth-order valence-corrected chi connectivity index (χ4v) is 14.1. The zero-order valence-electron chi connectivity index (χ0n) is 65.2. The number of amides is 17. The molecule has 2 fully saturated rings. The molecule has 27 N–H and O–H groups in total. The van der Waals surface area contributed by atoms with Crippen molar-refractivity contribution in [3.05, 3.63) is 114 Å². The monoisotopic (exact) mass is 1680 g/mol. The Morgan fingerprint density at radius 3 is 1.77 bits per heavy atom. The summed E-state index contributed by atoms with van der Waals surface area (Å²) >= 11 is 0.904. The van der Waals surface area contributed by atoms with Gasteiger partial charge in [-0.1, -0.05) is 72.8 Å². The van der Waals surface area contributed by atoms with E-state index in [-0.39, 0.29) is 64.2 Å². The van der Waals surface area contributed by atoms with Crippen molar-refractivity contribution < 1.29 is 106 Å². The first-order chi connectivity index (χ1) is 56.5. The van der Waals surface area contributed by atoms with Gasteiger partial charge in [-0.3, -0.25) is 86.3 Å². The number of benzene rings is 4. The lowest BCUT2D eigenvalue weighted by atomic mass is 9.87. The van der Waals surface area contributed by atoms with E-state index in [4.69, 9.17) is 43.9 Å². The quantitative estimate of drug-likeness (QED) is 0.0176. The van der Waals surface area contributed by atoms with Crippen LogP contribution >= 0.6 is 11.8 Å². The predicted molar refractivity (Wildman–Crippen MR) is 426 cm³/mol. The molecular formula is C77H101N19O22S. The van der Waals surface area contributed by atoms with E-state index < -0.39 is 248 Å². The molecule has 3 heterocycles. The van der Waals surface area contributed by atoms with Crippen LogP contribution in [-0.4, -0.2) is 238 Å². The number of carbonyl (C=O) groups is 18. The number of thioether (sulfide) groups is 1. The van der Waals surface area contributed by atoms with Crippen molar-refractivity contribution in [2.45, 2.75) is 182 Å². The minimum absolute atomic E-state index is 0.100. The van der Waals surface area contributed by atoms with Crippen molar-refractivity contribution in [3.8, 4) is 5.75 Å². The molecule has 17 amide bonds. The number of aromatic nitrogens is 1. The molecule has 5 aromatic rings. The van der Waals surface area contributed by atoms with E-state index in [0.29, 0.717) is 38.7 Å². The molecule has 12 atom stereocenters. The first-order valence-electron chi connectivity index (χ1n) is 38.1. The molecule has 0 saturated carbocycles. The number of carboxylic acid groups (broad SMARTS) is 1. The Balaban J connectivity index is 1.30. The number of aliphatic hydroxyl groups is 1. The van der Waals surface area contributed by atoms with Crippen molar-refractivity contribution in [1.82, 2.24) is 68.8 Å². The summed E-state index contributed by atoms with van der Waals surface area (Å²) in [5.41, 5.74) is 32.6. The van der Waals surface area contributed by atoms with Crippen LogP contribution in [-0.2, 0) is 110 Å². The van der Waals surface area contributed by atoms with Gasteiger partial charge in [0.1, 0.15) is 84.4 Å². The Kier molecular flexibility index (Phi) is 35.3. The molecule has 2 saturated heterocycles. The normalized spacial score (nSPS) is 19.6. The van der Waals surface area contributed by atoms with Gasteiger partial charge in [0.25, 0.3) is 0 Å². The zero-order valence-corrected chi connectivity index (χ0v) is 66.1. The van der Waals surface area contributed by atoms with Gasteiger partial charge in [-0.2, -0.15) is 11.8 Å². The second kappa shape index (κ2) is 45.0. The number of fused-ring (bicyclic) bond motifs is 2. The molecule has 0 unspecified atom stereocenters. The van der Waals surface area contributed by atoms with Crippen LogP contribution in [0, 0.1) is 0 Å². The van der Waals surface area contributed by atoms with Crippen LogP contribution in [0.2, 0.25) is 0 Å². The Morgan fingerprint density at radius 2 is 1.15 bits per heavy atom. The van der Waals surface area contributed by atoms with Crippen molar-refractivity contribution in [2.75, 3.05) is 37.9 Å². The van der Waals surface area contributed by atoms with Gasteiger partial charge in [0, 0.05) is 101 Å². The van der Waals surface area contributed by atoms with Gasteiger partial charge >= 0.3 is 5.97 Å². The highest BCUT2D eigenvalue weighted by Crippen LogP contribution is 2.26. The van der Waals surface area contributed by atoms with Crippen molar-refractivity contribution in [3.63, 3.8) is 0 Å². The average molecular weight is 1680 g/mol. The number of H-pyrrole nitrogens is 1. The zero-order chi connectivity index (χ0) is 87.2. The molecule has 0 aliphatic carbocycles. The molecule has 0 radical (unpaired) electrons.